The van der Waals surface area contributed by atoms with Crippen molar-refractivity contribution in [3.8, 4) is 0 Å². The summed E-state index contributed by atoms with van der Waals surface area (Å²) in [5.41, 5.74) is 2.58. The van der Waals surface area contributed by atoms with Gasteiger partial charge in [0, 0.05) is 5.92 Å². The van der Waals surface area contributed by atoms with Crippen LogP contribution in [0.4, 0.5) is 0 Å². The summed E-state index contributed by atoms with van der Waals surface area (Å²) >= 11 is 0. The smallest absolute Gasteiger partial charge is 0.254 e. The second-order valence-corrected chi connectivity index (χ2v) is 7.50. The Kier molecular flexibility index (Phi) is 7.50. The molecule has 0 aliphatic carbocycles. The molecule has 1 atom stereocenters. The lowest BCUT2D eigenvalue weighted by Gasteiger charge is -2.34. The summed E-state index contributed by atoms with van der Waals surface area (Å²) < 4.78 is 1.10. The van der Waals surface area contributed by atoms with E-state index in [1.165, 1.54) is 0 Å². The van der Waals surface area contributed by atoms with Crippen molar-refractivity contribution >= 4 is 11.7 Å². The summed E-state index contributed by atoms with van der Waals surface area (Å²) in [6.07, 6.45) is 0.278. The van der Waals surface area contributed by atoms with Gasteiger partial charge in [0.1, 0.15) is 6.54 Å². The van der Waals surface area contributed by atoms with Gasteiger partial charge in [0.15, 0.2) is 6.10 Å². The highest BCUT2D eigenvalue weighted by molar-refractivity contribution is 5.83. The maximum absolute atomic E-state index is 11.7. The van der Waals surface area contributed by atoms with Gasteiger partial charge in [0.05, 0.1) is 41.8 Å². The average molecular weight is 302 g/mol. The van der Waals surface area contributed by atoms with Crippen molar-refractivity contribution in [2.45, 2.75) is 33.3 Å². The molecular weight excluding hydrogens is 268 g/mol. The highest BCUT2D eigenvalue weighted by atomic mass is 16.3. The number of aliphatic hydroxyl groups is 1. The molecule has 0 spiro atoms. The largest absolute Gasteiger partial charge is 0.376 e. The van der Waals surface area contributed by atoms with Crippen LogP contribution in [0.1, 0.15) is 27.2 Å². The van der Waals surface area contributed by atoms with E-state index in [1.54, 1.807) is 0 Å². The van der Waals surface area contributed by atoms with Crippen molar-refractivity contribution < 1.29 is 18.9 Å². The minimum Gasteiger partial charge on any atom is -0.376 e. The van der Waals surface area contributed by atoms with Crippen molar-refractivity contribution in [1.29, 1.82) is 0 Å². The SMILES string of the molecule is CCC[N+](C)(C)C(=NNC(=O)C(C)C)C(O)C[N+](C)(C)C. The topological polar surface area (TPSA) is 61.7 Å². The molecular formula is C15H34N4O2+2. The number of carbonyl (C=O) groups excluding carboxylic acids is 1. The number of aliphatic hydroxyl groups excluding tert-OH is 1. The van der Waals surface area contributed by atoms with Crippen molar-refractivity contribution in [2.75, 3.05) is 48.3 Å². The van der Waals surface area contributed by atoms with E-state index in [0.29, 0.717) is 21.3 Å². The highest BCUT2D eigenvalue weighted by Crippen LogP contribution is 2.09. The van der Waals surface area contributed by atoms with Crippen LogP contribution in [-0.4, -0.2) is 80.2 Å². The Bertz CT molecular complexity index is 370. The highest BCUT2D eigenvalue weighted by Gasteiger charge is 2.34. The van der Waals surface area contributed by atoms with Crippen LogP contribution in [0.2, 0.25) is 0 Å². The molecule has 0 aromatic heterocycles. The molecule has 1 unspecified atom stereocenters. The van der Waals surface area contributed by atoms with Gasteiger partial charge in [0.25, 0.3) is 5.84 Å². The molecule has 6 nitrogen and oxygen atoms in total. The van der Waals surface area contributed by atoms with Gasteiger partial charge in [-0.1, -0.05) is 20.8 Å². The Labute approximate surface area is 129 Å². The number of nitrogens with one attached hydrogen (secondary N) is 1. The van der Waals surface area contributed by atoms with E-state index in [0.717, 1.165) is 13.0 Å². The van der Waals surface area contributed by atoms with Crippen LogP contribution in [0.3, 0.4) is 0 Å². The zero-order valence-corrected chi connectivity index (χ0v) is 15.0. The van der Waals surface area contributed by atoms with Crippen molar-refractivity contribution in [2.24, 2.45) is 11.0 Å². The maximum Gasteiger partial charge on any atom is 0.254 e. The Morgan fingerprint density at radius 2 is 1.71 bits per heavy atom. The molecule has 6 heteroatoms. The third-order valence-corrected chi connectivity index (χ3v) is 3.23. The van der Waals surface area contributed by atoms with Crippen molar-refractivity contribution in [1.82, 2.24) is 5.43 Å². The van der Waals surface area contributed by atoms with Crippen LogP contribution in [-0.2, 0) is 4.79 Å². The standard InChI is InChI=1S/C15H33N4O2/c1-9-10-19(7,8)14(13(20)11-18(4,5)6)16-17-15(21)12(2)3/h12-13,20H,9-11H2,1-8H3/q+1/p+1. The van der Waals surface area contributed by atoms with Gasteiger partial charge < -0.3 is 9.59 Å². The number of hydrazone groups is 1. The lowest BCUT2D eigenvalue weighted by Crippen LogP contribution is -2.56. The number of rotatable bonds is 7. The minimum absolute atomic E-state index is 0.132. The first-order valence-electron chi connectivity index (χ1n) is 7.60. The Morgan fingerprint density at radius 3 is 2.10 bits per heavy atom. The molecule has 21 heavy (non-hydrogen) atoms. The van der Waals surface area contributed by atoms with E-state index < -0.39 is 6.10 Å². The first-order chi connectivity index (χ1) is 9.40. The average Bonchev–Trinajstić information content (AvgIpc) is 2.25. The number of quaternary nitrogens is 2. The number of nitrogens with zero attached hydrogens (tertiary/aromatic N) is 3. The lowest BCUT2D eigenvalue weighted by atomic mass is 10.2. The van der Waals surface area contributed by atoms with Gasteiger partial charge in [0.2, 0.25) is 5.91 Å². The Hall–Kier alpha value is -0.980. The number of amidine groups is 1. The molecule has 0 bridgehead atoms. The Balaban J connectivity index is 5.27. The molecule has 0 aliphatic rings. The van der Waals surface area contributed by atoms with Crippen molar-refractivity contribution in [3.63, 3.8) is 0 Å². The quantitative estimate of drug-likeness (QED) is 0.313. The fourth-order valence-electron chi connectivity index (χ4n) is 2.13. The zero-order chi connectivity index (χ0) is 16.8. The molecule has 124 valence electrons. The fourth-order valence-corrected chi connectivity index (χ4v) is 2.13. The van der Waals surface area contributed by atoms with Gasteiger partial charge in [-0.2, -0.15) is 0 Å². The third-order valence-electron chi connectivity index (χ3n) is 3.23. The van der Waals surface area contributed by atoms with Gasteiger partial charge >= 0.3 is 0 Å². The van der Waals surface area contributed by atoms with Crippen LogP contribution in [0.5, 0.6) is 0 Å². The second kappa shape index (κ2) is 7.87. The summed E-state index contributed by atoms with van der Waals surface area (Å²) in [6, 6.07) is 0. The number of likely N-dealkylation sites (N-methyl/N-ethyl adjacent to an activating group) is 2. The van der Waals surface area contributed by atoms with Gasteiger partial charge in [-0.05, 0) is 6.42 Å². The van der Waals surface area contributed by atoms with Crippen molar-refractivity contribution in [3.05, 3.63) is 0 Å². The van der Waals surface area contributed by atoms with Gasteiger partial charge in [-0.15, -0.1) is 5.10 Å². The molecule has 0 saturated carbocycles. The van der Waals surface area contributed by atoms with Crippen LogP contribution in [0.25, 0.3) is 0 Å². The predicted octanol–water partition coefficient (Wildman–Crippen LogP) is 0.626. The van der Waals surface area contributed by atoms with E-state index in [-0.39, 0.29) is 11.8 Å². The number of amides is 1. The van der Waals surface area contributed by atoms with Crippen LogP contribution < -0.4 is 5.43 Å². The summed E-state index contributed by atoms with van der Waals surface area (Å²) in [5.74, 6) is 0.327. The first kappa shape index (κ1) is 20.0. The molecule has 0 aliphatic heterocycles. The summed E-state index contributed by atoms with van der Waals surface area (Å²) in [6.45, 7) is 7.13. The number of hydrogen-bond acceptors (Lipinski definition) is 3. The molecule has 1 amide bonds. The molecule has 0 radical (unpaired) electrons. The molecule has 0 heterocycles. The van der Waals surface area contributed by atoms with E-state index in [1.807, 2.05) is 49.1 Å². The molecule has 0 rings (SSSR count). The van der Waals surface area contributed by atoms with Gasteiger partial charge in [-0.25, -0.2) is 5.43 Å². The van der Waals surface area contributed by atoms with E-state index in [2.05, 4.69) is 17.5 Å². The zero-order valence-electron chi connectivity index (χ0n) is 15.0. The molecule has 0 saturated heterocycles. The minimum atomic E-state index is -0.695. The normalized spacial score (nSPS) is 15.2. The first-order valence-corrected chi connectivity index (χ1v) is 7.60. The second-order valence-electron chi connectivity index (χ2n) is 7.50. The summed E-state index contributed by atoms with van der Waals surface area (Å²) in [4.78, 5) is 11.7. The third kappa shape index (κ3) is 7.55. The summed E-state index contributed by atoms with van der Waals surface area (Å²) in [7, 11) is 10.1. The number of hydrogen-bond donors (Lipinski definition) is 2. The van der Waals surface area contributed by atoms with Crippen LogP contribution in [0, 0.1) is 5.92 Å². The predicted molar refractivity (Wildman–Crippen MR) is 86.6 cm³/mol. The van der Waals surface area contributed by atoms with E-state index in [4.69, 9.17) is 0 Å². The fraction of sp³-hybridized carbons (Fsp3) is 0.867. The van der Waals surface area contributed by atoms with E-state index in [9.17, 15) is 9.90 Å². The number of carbonyl (C=O) groups is 1. The molecule has 2 N–H and O–H groups in total. The molecule has 0 aromatic rings. The summed E-state index contributed by atoms with van der Waals surface area (Å²) in [5, 5.41) is 14.8. The Morgan fingerprint density at radius 1 is 1.19 bits per heavy atom. The van der Waals surface area contributed by atoms with Crippen LogP contribution in [0.15, 0.2) is 5.10 Å². The maximum atomic E-state index is 11.7. The van der Waals surface area contributed by atoms with E-state index >= 15 is 0 Å². The monoisotopic (exact) mass is 302 g/mol. The van der Waals surface area contributed by atoms with Gasteiger partial charge in [-0.3, -0.25) is 9.28 Å². The molecule has 0 aromatic carbocycles. The van der Waals surface area contributed by atoms with Crippen LogP contribution >= 0.6 is 0 Å². The molecule has 0 fully saturated rings. The lowest BCUT2D eigenvalue weighted by molar-refractivity contribution is -0.875.